The van der Waals surface area contributed by atoms with Gasteiger partial charge in [0, 0.05) is 50.4 Å². The SMILES string of the molecule is CC.CC.CCC1CC(C)OC(O[C@@H](C)[C@@H](C)[C@H](O[C@H]2CC(C)[C@@H](O)C(C)O2)C(C)[C@H](CC)[C@@](C)(O)C(O)C(C)N(CCCNCc2ccc3ccccc3n2)C[C@H](C)CC)C1.CO.O=CO. The maximum Gasteiger partial charge on any atom is 0.290 e. The minimum Gasteiger partial charge on any atom is -0.483 e. The van der Waals surface area contributed by atoms with Gasteiger partial charge in [-0.1, -0.05) is 120 Å². The van der Waals surface area contributed by atoms with Crippen LogP contribution in [-0.2, 0) is 30.3 Å². The second kappa shape index (κ2) is 34.9. The first-order valence-electron chi connectivity index (χ1n) is 25.9. The van der Waals surface area contributed by atoms with Crippen molar-refractivity contribution in [2.45, 2.75) is 223 Å². The van der Waals surface area contributed by atoms with Gasteiger partial charge in [-0.15, -0.1) is 0 Å². The monoisotopic (exact) mass is 952 g/mol. The Morgan fingerprint density at radius 3 is 2.09 bits per heavy atom. The largest absolute Gasteiger partial charge is 0.483 e. The summed E-state index contributed by atoms with van der Waals surface area (Å²) in [5.74, 6) is 0.472. The lowest BCUT2D eigenvalue weighted by atomic mass is 9.69. The molecule has 2 aliphatic rings. The van der Waals surface area contributed by atoms with E-state index >= 15 is 0 Å². The molecule has 8 unspecified atom stereocenters. The van der Waals surface area contributed by atoms with Gasteiger partial charge >= 0.3 is 0 Å². The summed E-state index contributed by atoms with van der Waals surface area (Å²) in [5.41, 5.74) is 0.602. The molecular formula is C54H101N3O10. The number of fused-ring (bicyclic) bond motifs is 1. The highest BCUT2D eigenvalue weighted by Gasteiger charge is 2.48. The summed E-state index contributed by atoms with van der Waals surface area (Å²) in [6.45, 7) is 36.1. The summed E-state index contributed by atoms with van der Waals surface area (Å²) < 4.78 is 26.2. The van der Waals surface area contributed by atoms with E-state index in [9.17, 15) is 15.3 Å². The van der Waals surface area contributed by atoms with Crippen molar-refractivity contribution in [1.82, 2.24) is 15.2 Å². The van der Waals surface area contributed by atoms with Crippen LogP contribution in [0.5, 0.6) is 0 Å². The van der Waals surface area contributed by atoms with E-state index in [1.54, 1.807) is 0 Å². The van der Waals surface area contributed by atoms with E-state index in [0.717, 1.165) is 75.4 Å². The van der Waals surface area contributed by atoms with Crippen molar-refractivity contribution in [2.24, 2.45) is 35.5 Å². The topological polar surface area (TPSA) is 183 Å². The quantitative estimate of drug-likeness (QED) is 0.0458. The second-order valence-corrected chi connectivity index (χ2v) is 18.8. The zero-order chi connectivity index (χ0) is 51.4. The fourth-order valence-electron chi connectivity index (χ4n) is 9.80. The van der Waals surface area contributed by atoms with Gasteiger partial charge in [0.15, 0.2) is 12.6 Å². The number of aliphatic hydroxyl groups excluding tert-OH is 3. The third-order valence-corrected chi connectivity index (χ3v) is 14.1. The Labute approximate surface area is 408 Å². The minimum atomic E-state index is -1.42. The first kappa shape index (κ1) is 64.7. The maximum absolute atomic E-state index is 12.6. The Morgan fingerprint density at radius 1 is 0.896 bits per heavy atom. The molecular weight excluding hydrogens is 851 g/mol. The highest BCUT2D eigenvalue weighted by atomic mass is 16.7. The molecule has 0 aliphatic carbocycles. The van der Waals surface area contributed by atoms with E-state index in [4.69, 9.17) is 38.9 Å². The molecule has 13 heteroatoms. The number of carbonyl (C=O) groups is 1. The molecule has 6 N–H and O–H groups in total. The zero-order valence-electron chi connectivity index (χ0n) is 45.2. The second-order valence-electron chi connectivity index (χ2n) is 18.8. The third kappa shape index (κ3) is 20.9. The van der Waals surface area contributed by atoms with Crippen LogP contribution in [-0.4, -0.2) is 129 Å². The smallest absolute Gasteiger partial charge is 0.290 e. The lowest BCUT2D eigenvalue weighted by Crippen LogP contribution is -2.59. The van der Waals surface area contributed by atoms with Crippen molar-refractivity contribution in [2.75, 3.05) is 26.7 Å². The van der Waals surface area contributed by atoms with E-state index in [1.165, 1.54) is 0 Å². The molecule has 67 heavy (non-hydrogen) atoms. The minimum absolute atomic E-state index is 0.0200. The number of carboxylic acid groups (broad SMARTS) is 1. The number of para-hydroxylation sites is 1. The van der Waals surface area contributed by atoms with Crippen molar-refractivity contribution >= 4 is 17.4 Å². The average Bonchev–Trinajstić information content (AvgIpc) is 3.33. The molecule has 1 aromatic heterocycles. The van der Waals surface area contributed by atoms with Crippen molar-refractivity contribution in [3.05, 3.63) is 42.1 Å². The van der Waals surface area contributed by atoms with Crippen LogP contribution in [0.3, 0.4) is 0 Å². The summed E-state index contributed by atoms with van der Waals surface area (Å²) in [5, 5.41) is 54.2. The molecule has 0 radical (unpaired) electrons. The number of nitrogens with one attached hydrogen (secondary N) is 1. The summed E-state index contributed by atoms with van der Waals surface area (Å²) in [4.78, 5) is 15.5. The van der Waals surface area contributed by atoms with Gasteiger partial charge in [0.25, 0.3) is 6.47 Å². The van der Waals surface area contributed by atoms with Crippen LogP contribution in [0.4, 0.5) is 0 Å². The highest BCUT2D eigenvalue weighted by molar-refractivity contribution is 5.78. The average molecular weight is 952 g/mol. The molecule has 16 atom stereocenters. The van der Waals surface area contributed by atoms with Crippen molar-refractivity contribution < 1.29 is 49.3 Å². The van der Waals surface area contributed by atoms with Gasteiger partial charge in [0.1, 0.15) is 0 Å². The van der Waals surface area contributed by atoms with Crippen LogP contribution in [0, 0.1) is 35.5 Å². The molecule has 13 nitrogen and oxygen atoms in total. The summed E-state index contributed by atoms with van der Waals surface area (Å²) in [7, 11) is 1.00. The van der Waals surface area contributed by atoms with Gasteiger partial charge < -0.3 is 49.8 Å². The number of aliphatic hydroxyl groups is 4. The number of hydrogen-bond donors (Lipinski definition) is 6. The van der Waals surface area contributed by atoms with Crippen LogP contribution in [0.25, 0.3) is 10.9 Å². The first-order chi connectivity index (χ1) is 31.9. The Bertz CT molecular complexity index is 1530. The summed E-state index contributed by atoms with van der Waals surface area (Å²) in [6, 6.07) is 12.1. The van der Waals surface area contributed by atoms with E-state index < -0.39 is 24.1 Å². The van der Waals surface area contributed by atoms with Gasteiger partial charge in [-0.2, -0.15) is 0 Å². The fourth-order valence-corrected chi connectivity index (χ4v) is 9.80. The molecule has 2 saturated heterocycles. The molecule has 0 saturated carbocycles. The maximum atomic E-state index is 12.6. The highest BCUT2D eigenvalue weighted by Crippen LogP contribution is 2.41. The Morgan fingerprint density at radius 2 is 1.51 bits per heavy atom. The van der Waals surface area contributed by atoms with E-state index in [1.807, 2.05) is 66.7 Å². The number of hydrogen-bond acceptors (Lipinski definition) is 12. The normalized spacial score (nSPS) is 26.1. The van der Waals surface area contributed by atoms with Crippen LogP contribution >= 0.6 is 0 Å². The van der Waals surface area contributed by atoms with Crippen molar-refractivity contribution in [3.8, 4) is 0 Å². The van der Waals surface area contributed by atoms with E-state index in [2.05, 4.69) is 90.7 Å². The zero-order valence-corrected chi connectivity index (χ0v) is 45.2. The van der Waals surface area contributed by atoms with E-state index in [-0.39, 0.29) is 66.9 Å². The van der Waals surface area contributed by atoms with Gasteiger partial charge in [-0.05, 0) is 102 Å². The van der Waals surface area contributed by atoms with Crippen molar-refractivity contribution in [3.63, 3.8) is 0 Å². The summed E-state index contributed by atoms with van der Waals surface area (Å²) in [6.07, 6.45) is 3.07. The molecule has 2 aromatic rings. The van der Waals surface area contributed by atoms with Crippen LogP contribution in [0.2, 0.25) is 0 Å². The van der Waals surface area contributed by atoms with Gasteiger partial charge in [0.2, 0.25) is 0 Å². The molecule has 4 rings (SSSR count). The predicted octanol–water partition coefficient (Wildman–Crippen LogP) is 9.70. The predicted molar refractivity (Wildman–Crippen MR) is 274 cm³/mol. The molecule has 2 aliphatic heterocycles. The fraction of sp³-hybridized carbons (Fsp3) is 0.815. The number of rotatable bonds is 23. The Hall–Kier alpha value is -2.30. The Balaban J connectivity index is 0.00000452. The lowest BCUT2D eigenvalue weighted by Gasteiger charge is -2.48. The van der Waals surface area contributed by atoms with Gasteiger partial charge in [-0.25, -0.2) is 0 Å². The van der Waals surface area contributed by atoms with Crippen LogP contribution in [0.15, 0.2) is 36.4 Å². The van der Waals surface area contributed by atoms with E-state index in [0.29, 0.717) is 31.2 Å². The molecule has 0 bridgehead atoms. The molecule has 2 fully saturated rings. The van der Waals surface area contributed by atoms with Crippen LogP contribution < -0.4 is 5.32 Å². The number of benzene rings is 1. The lowest BCUT2D eigenvalue weighted by molar-refractivity contribution is -0.278. The molecule has 3 heterocycles. The molecule has 0 spiro atoms. The van der Waals surface area contributed by atoms with Crippen molar-refractivity contribution in [1.29, 1.82) is 0 Å². The molecule has 0 amide bonds. The number of pyridine rings is 1. The number of ether oxygens (including phenoxy) is 4. The first-order valence-corrected chi connectivity index (χ1v) is 25.9. The van der Waals surface area contributed by atoms with Gasteiger partial charge in [0.05, 0.1) is 53.4 Å². The van der Waals surface area contributed by atoms with Crippen LogP contribution in [0.1, 0.15) is 161 Å². The number of nitrogens with zero attached hydrogens (tertiary/aromatic N) is 2. The summed E-state index contributed by atoms with van der Waals surface area (Å²) >= 11 is 0. The molecule has 1 aromatic carbocycles. The third-order valence-electron chi connectivity index (χ3n) is 14.1. The standard InChI is InChI=1S/C48H83N3O7.2C2H6.CH2O2.CH4O/c1-13-30(4)29-51(24-18-23-49-28-40-22-21-39-19-16-17-20-42(39)50-40)35(9)47(53)48(12,54)41(15-3)34(8)46(58-43-25-31(5)45(52)37(11)57-43)33(7)36(10)56-44-27-38(14-2)26-32(6)55-44;2*1-2;2-1-3;1-2/h16-17,19-22,30-38,41,43-47,49,52-54H,13-15,18,23-29H2,1-12H3;2*1-2H3;1H,(H,2,3);2H,1H3/t30-,31?,32?,33-,34?,35?,36+,37?,38?,41+,43+,44?,45-,46+,47?,48-;;;;/m1..../s1. The number of aromatic nitrogens is 1. The van der Waals surface area contributed by atoms with Gasteiger partial charge in [-0.3, -0.25) is 14.7 Å². The Kier molecular flexibility index (Phi) is 33.7. The molecule has 392 valence electrons.